The number of amides is 1. The first-order chi connectivity index (χ1) is 11.3. The van der Waals surface area contributed by atoms with E-state index < -0.39 is 5.60 Å². The molecule has 2 saturated heterocycles. The van der Waals surface area contributed by atoms with E-state index in [2.05, 4.69) is 9.64 Å². The zero-order valence-corrected chi connectivity index (χ0v) is 15.5. The minimum atomic E-state index is -0.427. The largest absolute Gasteiger partial charge is 0.469 e. The summed E-state index contributed by atoms with van der Waals surface area (Å²) in [4.78, 5) is 27.5. The fourth-order valence-corrected chi connectivity index (χ4v) is 3.51. The van der Waals surface area contributed by atoms with E-state index in [9.17, 15) is 9.59 Å². The SMILES string of the molecule is COC(=O)CCCN1CCC[C@H](C2CN(C(=O)OC(C)(C)C)C2)C1. The third-order valence-electron chi connectivity index (χ3n) is 4.85. The fourth-order valence-electron chi connectivity index (χ4n) is 3.51. The van der Waals surface area contributed by atoms with Crippen LogP contribution < -0.4 is 0 Å². The van der Waals surface area contributed by atoms with Gasteiger partial charge in [-0.1, -0.05) is 0 Å². The van der Waals surface area contributed by atoms with E-state index in [0.29, 0.717) is 18.3 Å². The Kier molecular flexibility index (Phi) is 6.49. The van der Waals surface area contributed by atoms with Gasteiger partial charge >= 0.3 is 12.1 Å². The van der Waals surface area contributed by atoms with E-state index in [4.69, 9.17) is 4.74 Å². The average molecular weight is 340 g/mol. The predicted molar refractivity (Wildman–Crippen MR) is 91.7 cm³/mol. The molecule has 2 heterocycles. The van der Waals surface area contributed by atoms with Crippen LogP contribution in [0.4, 0.5) is 4.79 Å². The molecule has 0 aromatic carbocycles. The number of carbonyl (C=O) groups is 2. The number of hydrogen-bond acceptors (Lipinski definition) is 5. The van der Waals surface area contributed by atoms with Gasteiger partial charge in [-0.2, -0.15) is 0 Å². The van der Waals surface area contributed by atoms with Crippen LogP contribution in [-0.4, -0.2) is 67.3 Å². The Balaban J connectivity index is 1.69. The Bertz CT molecular complexity index is 441. The molecular formula is C18H32N2O4. The Morgan fingerprint density at radius 2 is 1.83 bits per heavy atom. The van der Waals surface area contributed by atoms with Crippen LogP contribution in [0, 0.1) is 11.8 Å². The molecule has 24 heavy (non-hydrogen) atoms. The zero-order chi connectivity index (χ0) is 17.7. The molecule has 0 saturated carbocycles. The maximum absolute atomic E-state index is 12.0. The van der Waals surface area contributed by atoms with E-state index in [-0.39, 0.29) is 12.1 Å². The molecule has 6 heteroatoms. The standard InChI is InChI=1S/C18H32N2O4/c1-18(2,3)24-17(22)20-12-15(13-20)14-7-5-9-19(11-14)10-6-8-16(21)23-4/h14-15H,5-13H2,1-4H3/t14-/m0/s1. The van der Waals surface area contributed by atoms with Crippen LogP contribution in [-0.2, 0) is 14.3 Å². The summed E-state index contributed by atoms with van der Waals surface area (Å²) in [5.74, 6) is 1.10. The Morgan fingerprint density at radius 1 is 1.12 bits per heavy atom. The number of methoxy groups -OCH3 is 1. The number of esters is 1. The maximum Gasteiger partial charge on any atom is 0.410 e. The van der Waals surface area contributed by atoms with Gasteiger partial charge in [-0.3, -0.25) is 4.79 Å². The molecule has 0 N–H and O–H groups in total. The summed E-state index contributed by atoms with van der Waals surface area (Å²) < 4.78 is 10.1. The van der Waals surface area contributed by atoms with Crippen molar-refractivity contribution < 1.29 is 19.1 Å². The van der Waals surface area contributed by atoms with Crippen LogP contribution in [0.5, 0.6) is 0 Å². The zero-order valence-electron chi connectivity index (χ0n) is 15.5. The number of carbonyl (C=O) groups excluding carboxylic acids is 2. The van der Waals surface area contributed by atoms with Crippen LogP contribution in [0.15, 0.2) is 0 Å². The topological polar surface area (TPSA) is 59.1 Å². The van der Waals surface area contributed by atoms with Gasteiger partial charge in [0.2, 0.25) is 0 Å². The Labute approximate surface area is 145 Å². The van der Waals surface area contributed by atoms with E-state index in [1.165, 1.54) is 20.0 Å². The minimum absolute atomic E-state index is 0.129. The molecule has 0 bridgehead atoms. The lowest BCUT2D eigenvalue weighted by Gasteiger charge is -2.46. The molecule has 2 fully saturated rings. The number of rotatable bonds is 5. The van der Waals surface area contributed by atoms with Crippen molar-refractivity contribution >= 4 is 12.1 Å². The normalized spacial score (nSPS) is 22.8. The van der Waals surface area contributed by atoms with Crippen molar-refractivity contribution in [2.75, 3.05) is 39.8 Å². The van der Waals surface area contributed by atoms with Crippen molar-refractivity contribution in [3.63, 3.8) is 0 Å². The van der Waals surface area contributed by atoms with Crippen molar-refractivity contribution in [2.24, 2.45) is 11.8 Å². The van der Waals surface area contributed by atoms with Crippen LogP contribution in [0.1, 0.15) is 46.5 Å². The van der Waals surface area contributed by atoms with Gasteiger partial charge in [0.15, 0.2) is 0 Å². The molecule has 0 unspecified atom stereocenters. The third-order valence-corrected chi connectivity index (χ3v) is 4.85. The van der Waals surface area contributed by atoms with Gasteiger partial charge in [-0.05, 0) is 65.0 Å². The molecular weight excluding hydrogens is 308 g/mol. The van der Waals surface area contributed by atoms with E-state index in [1.807, 2.05) is 25.7 Å². The summed E-state index contributed by atoms with van der Waals surface area (Å²) in [5.41, 5.74) is -0.427. The van der Waals surface area contributed by atoms with Gasteiger partial charge in [0, 0.05) is 26.1 Å². The first kappa shape index (κ1) is 19.0. The highest BCUT2D eigenvalue weighted by Crippen LogP contribution is 2.31. The van der Waals surface area contributed by atoms with Crippen molar-refractivity contribution in [1.29, 1.82) is 0 Å². The van der Waals surface area contributed by atoms with Crippen molar-refractivity contribution in [1.82, 2.24) is 9.80 Å². The van der Waals surface area contributed by atoms with E-state index in [0.717, 1.165) is 39.1 Å². The quantitative estimate of drug-likeness (QED) is 0.720. The van der Waals surface area contributed by atoms with Gasteiger partial charge in [0.25, 0.3) is 0 Å². The molecule has 0 spiro atoms. The lowest BCUT2D eigenvalue weighted by atomic mass is 9.81. The van der Waals surface area contributed by atoms with Gasteiger partial charge in [-0.15, -0.1) is 0 Å². The molecule has 138 valence electrons. The first-order valence-corrected chi connectivity index (χ1v) is 9.05. The number of hydrogen-bond donors (Lipinski definition) is 0. The van der Waals surface area contributed by atoms with Gasteiger partial charge in [0.05, 0.1) is 7.11 Å². The van der Waals surface area contributed by atoms with Gasteiger partial charge in [-0.25, -0.2) is 4.79 Å². The first-order valence-electron chi connectivity index (χ1n) is 9.05. The highest BCUT2D eigenvalue weighted by molar-refractivity contribution is 5.69. The number of nitrogens with zero attached hydrogens (tertiary/aromatic N) is 2. The second-order valence-corrected chi connectivity index (χ2v) is 8.03. The van der Waals surface area contributed by atoms with Crippen LogP contribution in [0.25, 0.3) is 0 Å². The summed E-state index contributed by atoms with van der Waals surface area (Å²) in [5, 5.41) is 0. The number of piperidine rings is 1. The van der Waals surface area contributed by atoms with Crippen LogP contribution in [0.2, 0.25) is 0 Å². The number of ether oxygens (including phenoxy) is 2. The smallest absolute Gasteiger partial charge is 0.410 e. The van der Waals surface area contributed by atoms with Crippen LogP contribution in [0.3, 0.4) is 0 Å². The second kappa shape index (κ2) is 8.19. The molecule has 6 nitrogen and oxygen atoms in total. The monoisotopic (exact) mass is 340 g/mol. The van der Waals surface area contributed by atoms with Gasteiger partial charge < -0.3 is 19.3 Å². The Morgan fingerprint density at radius 3 is 2.46 bits per heavy atom. The second-order valence-electron chi connectivity index (χ2n) is 8.03. The predicted octanol–water partition coefficient (Wildman–Crippen LogP) is 2.52. The summed E-state index contributed by atoms with van der Waals surface area (Å²) in [6, 6.07) is 0. The average Bonchev–Trinajstić information content (AvgIpc) is 2.44. The molecule has 2 aliphatic rings. The molecule has 1 atom stereocenters. The summed E-state index contributed by atoms with van der Waals surface area (Å²) in [6.07, 6.45) is 3.60. The number of likely N-dealkylation sites (tertiary alicyclic amines) is 2. The molecule has 0 radical (unpaired) electrons. The lowest BCUT2D eigenvalue weighted by molar-refractivity contribution is -0.140. The van der Waals surface area contributed by atoms with Crippen molar-refractivity contribution in [3.8, 4) is 0 Å². The van der Waals surface area contributed by atoms with Crippen LogP contribution >= 0.6 is 0 Å². The molecule has 1 amide bonds. The van der Waals surface area contributed by atoms with Crippen molar-refractivity contribution in [3.05, 3.63) is 0 Å². The lowest BCUT2D eigenvalue weighted by Crippen LogP contribution is -2.56. The highest BCUT2D eigenvalue weighted by Gasteiger charge is 2.39. The summed E-state index contributed by atoms with van der Waals surface area (Å²) in [6.45, 7) is 10.5. The molecule has 2 aliphatic heterocycles. The maximum atomic E-state index is 12.0. The molecule has 0 aromatic rings. The van der Waals surface area contributed by atoms with E-state index >= 15 is 0 Å². The fraction of sp³-hybridized carbons (Fsp3) is 0.889. The van der Waals surface area contributed by atoms with Gasteiger partial charge in [0.1, 0.15) is 5.60 Å². The molecule has 0 aliphatic carbocycles. The molecule has 2 rings (SSSR count). The third kappa shape index (κ3) is 5.65. The summed E-state index contributed by atoms with van der Waals surface area (Å²) in [7, 11) is 1.44. The summed E-state index contributed by atoms with van der Waals surface area (Å²) >= 11 is 0. The van der Waals surface area contributed by atoms with Crippen molar-refractivity contribution in [2.45, 2.75) is 52.1 Å². The minimum Gasteiger partial charge on any atom is -0.469 e. The molecule has 0 aromatic heterocycles. The van der Waals surface area contributed by atoms with E-state index in [1.54, 1.807) is 0 Å². The highest BCUT2D eigenvalue weighted by atomic mass is 16.6. The Hall–Kier alpha value is -1.30.